The Balaban J connectivity index is 1.64. The average Bonchev–Trinajstić information content (AvgIpc) is 2.96. The summed E-state index contributed by atoms with van der Waals surface area (Å²) in [4.78, 5) is 37.8. The van der Waals surface area contributed by atoms with E-state index >= 15 is 0 Å². The number of carbonyl (C=O) groups excluding carboxylic acids is 3. The largest absolute Gasteiger partial charge is 0.462 e. The smallest absolute Gasteiger partial charge is 0.348 e. The predicted octanol–water partition coefficient (Wildman–Crippen LogP) is 3.67. The van der Waals surface area contributed by atoms with Gasteiger partial charge in [0.1, 0.15) is 4.88 Å². The van der Waals surface area contributed by atoms with Crippen LogP contribution in [0.3, 0.4) is 0 Å². The Morgan fingerprint density at radius 3 is 2.85 bits per heavy atom. The summed E-state index contributed by atoms with van der Waals surface area (Å²) in [6.07, 6.45) is 0.0521. The Kier molecular flexibility index (Phi) is 5.63. The molecule has 2 amide bonds. The van der Waals surface area contributed by atoms with Crippen LogP contribution in [0.25, 0.3) is 0 Å². The van der Waals surface area contributed by atoms with Gasteiger partial charge in [-0.2, -0.15) is 0 Å². The molecule has 0 fully saturated rings. The average molecular weight is 390 g/mol. The number of hydrogen-bond donors (Lipinski definition) is 2. The van der Waals surface area contributed by atoms with Gasteiger partial charge in [0, 0.05) is 11.3 Å². The minimum atomic E-state index is -0.490. The van der Waals surface area contributed by atoms with E-state index in [-0.39, 0.29) is 18.2 Å². The predicted molar refractivity (Wildman–Crippen MR) is 103 cm³/mol. The molecule has 1 aromatic carbocycles. The summed E-state index contributed by atoms with van der Waals surface area (Å²) in [7, 11) is 0. The minimum absolute atomic E-state index is 0.0521. The molecule has 0 bridgehead atoms. The number of carbonyl (C=O) groups is 3. The Bertz CT molecular complexity index is 863. The minimum Gasteiger partial charge on any atom is -0.462 e. The molecule has 1 aromatic heterocycles. The Hall–Kier alpha value is -2.32. The molecule has 26 heavy (non-hydrogen) atoms. The van der Waals surface area contributed by atoms with Crippen molar-refractivity contribution < 1.29 is 19.1 Å². The maximum Gasteiger partial charge on any atom is 0.348 e. The van der Waals surface area contributed by atoms with Crippen molar-refractivity contribution >= 4 is 51.6 Å². The molecule has 136 valence electrons. The Morgan fingerprint density at radius 2 is 2.08 bits per heavy atom. The number of rotatable bonds is 5. The highest BCUT2D eigenvalue weighted by Crippen LogP contribution is 2.37. The first-order chi connectivity index (χ1) is 12.5. The Morgan fingerprint density at radius 1 is 1.31 bits per heavy atom. The van der Waals surface area contributed by atoms with Gasteiger partial charge in [-0.15, -0.1) is 23.1 Å². The summed E-state index contributed by atoms with van der Waals surface area (Å²) >= 11 is 2.55. The van der Waals surface area contributed by atoms with Crippen LogP contribution in [0.1, 0.15) is 28.6 Å². The van der Waals surface area contributed by atoms with Crippen molar-refractivity contribution in [1.29, 1.82) is 0 Å². The highest BCUT2D eigenvalue weighted by atomic mass is 32.2. The van der Waals surface area contributed by atoms with E-state index in [2.05, 4.69) is 10.6 Å². The summed E-state index contributed by atoms with van der Waals surface area (Å²) < 4.78 is 5.00. The first-order valence-electron chi connectivity index (χ1n) is 8.12. The van der Waals surface area contributed by atoms with Gasteiger partial charge in [-0.3, -0.25) is 9.59 Å². The van der Waals surface area contributed by atoms with Crippen molar-refractivity contribution in [1.82, 2.24) is 0 Å². The van der Waals surface area contributed by atoms with Crippen LogP contribution in [0.15, 0.2) is 35.2 Å². The first kappa shape index (κ1) is 18.5. The van der Waals surface area contributed by atoms with E-state index in [9.17, 15) is 14.4 Å². The third kappa shape index (κ3) is 4.08. The van der Waals surface area contributed by atoms with Gasteiger partial charge in [-0.25, -0.2) is 4.79 Å². The van der Waals surface area contributed by atoms with Crippen LogP contribution in [0.4, 0.5) is 10.7 Å². The van der Waals surface area contributed by atoms with Gasteiger partial charge in [0.2, 0.25) is 11.8 Å². The van der Waals surface area contributed by atoms with Gasteiger partial charge in [-0.05, 0) is 37.6 Å². The molecule has 0 saturated carbocycles. The summed E-state index contributed by atoms with van der Waals surface area (Å²) in [6.45, 7) is 3.84. The summed E-state index contributed by atoms with van der Waals surface area (Å²) in [5, 5.41) is 5.67. The fraction of sp³-hybridized carbons (Fsp3) is 0.278. The summed E-state index contributed by atoms with van der Waals surface area (Å²) in [5.41, 5.74) is 1.52. The molecular weight excluding hydrogens is 372 g/mol. The monoisotopic (exact) mass is 390 g/mol. The highest BCUT2D eigenvalue weighted by Gasteiger charge is 2.29. The second-order valence-corrected chi connectivity index (χ2v) is 7.98. The van der Waals surface area contributed by atoms with Crippen LogP contribution in [0.2, 0.25) is 0 Å². The zero-order valence-corrected chi connectivity index (χ0v) is 16.0. The van der Waals surface area contributed by atoms with Crippen LogP contribution in [0, 0.1) is 6.92 Å². The molecule has 0 radical (unpaired) electrons. The second-order valence-electron chi connectivity index (χ2n) is 5.69. The van der Waals surface area contributed by atoms with E-state index < -0.39 is 11.2 Å². The number of hydrogen-bond acceptors (Lipinski definition) is 6. The quantitative estimate of drug-likeness (QED) is 0.761. The first-order valence-corrected chi connectivity index (χ1v) is 9.81. The third-order valence-electron chi connectivity index (χ3n) is 3.72. The standard InChI is InChI=1S/C18H18N2O4S2/c1-3-24-18(23)16-10(2)8-15(26-16)20-14(21)9-13-17(22)19-11-6-4-5-7-12(11)25-13/h4-8,13H,3,9H2,1-2H3,(H,19,22)(H,20,21). The molecule has 1 aliphatic rings. The normalized spacial score (nSPS) is 15.8. The maximum atomic E-state index is 12.3. The van der Waals surface area contributed by atoms with Crippen molar-refractivity contribution in [2.45, 2.75) is 30.4 Å². The molecule has 0 aliphatic carbocycles. The molecule has 2 N–H and O–H groups in total. The maximum absolute atomic E-state index is 12.3. The summed E-state index contributed by atoms with van der Waals surface area (Å²) in [5.74, 6) is -0.846. The number of aryl methyl sites for hydroxylation is 1. The van der Waals surface area contributed by atoms with Crippen molar-refractivity contribution in [2.75, 3.05) is 17.2 Å². The zero-order chi connectivity index (χ0) is 18.7. The number of anilines is 2. The number of amides is 2. The molecule has 0 saturated heterocycles. The van der Waals surface area contributed by atoms with Gasteiger partial charge < -0.3 is 15.4 Å². The van der Waals surface area contributed by atoms with Crippen LogP contribution in [0.5, 0.6) is 0 Å². The third-order valence-corrected chi connectivity index (χ3v) is 6.13. The molecule has 3 rings (SSSR count). The van der Waals surface area contributed by atoms with E-state index in [1.807, 2.05) is 24.3 Å². The van der Waals surface area contributed by atoms with E-state index in [1.165, 1.54) is 23.1 Å². The van der Waals surface area contributed by atoms with Crippen LogP contribution >= 0.6 is 23.1 Å². The van der Waals surface area contributed by atoms with Crippen molar-refractivity contribution in [3.05, 3.63) is 40.8 Å². The SMILES string of the molecule is CCOC(=O)c1sc(NC(=O)CC2Sc3ccccc3NC2=O)cc1C. The number of ether oxygens (including phenoxy) is 1. The van der Waals surface area contributed by atoms with Gasteiger partial charge in [0.05, 0.1) is 22.5 Å². The molecule has 2 aromatic rings. The number of thioether (sulfide) groups is 1. The lowest BCUT2D eigenvalue weighted by molar-refractivity contribution is -0.120. The van der Waals surface area contributed by atoms with Gasteiger partial charge in [-0.1, -0.05) is 12.1 Å². The lowest BCUT2D eigenvalue weighted by Crippen LogP contribution is -2.32. The molecule has 1 aliphatic heterocycles. The van der Waals surface area contributed by atoms with Gasteiger partial charge in [0.25, 0.3) is 0 Å². The lowest BCUT2D eigenvalue weighted by Gasteiger charge is -2.23. The van der Waals surface area contributed by atoms with Crippen molar-refractivity contribution in [3.8, 4) is 0 Å². The highest BCUT2D eigenvalue weighted by molar-refractivity contribution is 8.01. The van der Waals surface area contributed by atoms with Crippen LogP contribution < -0.4 is 10.6 Å². The molecule has 0 spiro atoms. The number of benzene rings is 1. The van der Waals surface area contributed by atoms with Crippen LogP contribution in [-0.4, -0.2) is 29.6 Å². The fourth-order valence-corrected chi connectivity index (χ4v) is 4.62. The van der Waals surface area contributed by atoms with Gasteiger partial charge in [0.15, 0.2) is 0 Å². The molecule has 8 heteroatoms. The zero-order valence-electron chi connectivity index (χ0n) is 14.3. The van der Waals surface area contributed by atoms with E-state index in [0.717, 1.165) is 16.1 Å². The van der Waals surface area contributed by atoms with Crippen molar-refractivity contribution in [2.24, 2.45) is 0 Å². The molecule has 2 heterocycles. The molecular formula is C18H18N2O4S2. The Labute approximate surface area is 159 Å². The molecule has 6 nitrogen and oxygen atoms in total. The molecule has 1 atom stereocenters. The van der Waals surface area contributed by atoms with Gasteiger partial charge >= 0.3 is 5.97 Å². The number of thiophene rings is 1. The lowest BCUT2D eigenvalue weighted by atomic mass is 10.2. The van der Waals surface area contributed by atoms with E-state index in [4.69, 9.17) is 4.74 Å². The second kappa shape index (κ2) is 7.92. The van der Waals surface area contributed by atoms with E-state index in [0.29, 0.717) is 16.5 Å². The fourth-order valence-electron chi connectivity index (χ4n) is 2.53. The number of esters is 1. The molecule has 1 unspecified atom stereocenters. The van der Waals surface area contributed by atoms with Crippen molar-refractivity contribution in [3.63, 3.8) is 0 Å². The number of para-hydroxylation sites is 1. The number of fused-ring (bicyclic) bond motifs is 1. The number of nitrogens with one attached hydrogen (secondary N) is 2. The summed E-state index contributed by atoms with van der Waals surface area (Å²) in [6, 6.07) is 9.23. The topological polar surface area (TPSA) is 84.5 Å². The van der Waals surface area contributed by atoms with E-state index in [1.54, 1.807) is 19.9 Å². The van der Waals surface area contributed by atoms with Crippen LogP contribution in [-0.2, 0) is 14.3 Å².